The van der Waals surface area contributed by atoms with Crippen LogP contribution < -0.4 is 14.8 Å². The second-order valence-electron chi connectivity index (χ2n) is 7.93. The van der Waals surface area contributed by atoms with Gasteiger partial charge in [0.05, 0.1) is 22.6 Å². The molecule has 5 rings (SSSR count). The zero-order valence-corrected chi connectivity index (χ0v) is 17.7. The minimum Gasteiger partial charge on any atom is -0.486 e. The molecular formula is C22H22ClFN4O3. The highest BCUT2D eigenvalue weighted by Gasteiger charge is 2.31. The van der Waals surface area contributed by atoms with E-state index in [0.29, 0.717) is 23.8 Å². The average Bonchev–Trinajstić information content (AvgIpc) is 3.18. The Morgan fingerprint density at radius 2 is 2.13 bits per heavy atom. The first kappa shape index (κ1) is 20.1. The molecule has 2 N–H and O–H groups in total. The number of imidazole rings is 1. The molecule has 2 atom stereocenters. The molecule has 1 amide bonds. The number of rotatable bonds is 3. The number of aromatic amines is 1. The predicted molar refractivity (Wildman–Crippen MR) is 114 cm³/mol. The molecule has 2 aromatic carbocycles. The Morgan fingerprint density at radius 1 is 1.29 bits per heavy atom. The van der Waals surface area contributed by atoms with Crippen molar-refractivity contribution in [1.82, 2.24) is 20.2 Å². The number of fused-ring (bicyclic) bond motifs is 2. The van der Waals surface area contributed by atoms with Crippen molar-refractivity contribution >= 4 is 28.5 Å². The van der Waals surface area contributed by atoms with Gasteiger partial charge < -0.3 is 19.8 Å². The van der Waals surface area contributed by atoms with Gasteiger partial charge in [0.1, 0.15) is 19.0 Å². The third-order valence-corrected chi connectivity index (χ3v) is 6.11. The van der Waals surface area contributed by atoms with Crippen LogP contribution in [0.15, 0.2) is 30.3 Å². The van der Waals surface area contributed by atoms with E-state index in [1.165, 1.54) is 6.07 Å². The minimum absolute atomic E-state index is 0.00101. The van der Waals surface area contributed by atoms with Gasteiger partial charge >= 0.3 is 0 Å². The molecule has 0 aliphatic carbocycles. The summed E-state index contributed by atoms with van der Waals surface area (Å²) in [7, 11) is 2.03. The van der Waals surface area contributed by atoms with Crippen molar-refractivity contribution in [3.63, 3.8) is 0 Å². The highest BCUT2D eigenvalue weighted by Crippen LogP contribution is 2.35. The van der Waals surface area contributed by atoms with Gasteiger partial charge in [-0.25, -0.2) is 9.37 Å². The smallest absolute Gasteiger partial charge is 0.254 e. The molecule has 1 saturated heterocycles. The second-order valence-corrected chi connectivity index (χ2v) is 8.36. The summed E-state index contributed by atoms with van der Waals surface area (Å²) in [6, 6.07) is 8.43. The molecular weight excluding hydrogens is 423 g/mol. The number of likely N-dealkylation sites (tertiary alicyclic amines) is 1. The van der Waals surface area contributed by atoms with Gasteiger partial charge in [-0.1, -0.05) is 11.6 Å². The summed E-state index contributed by atoms with van der Waals surface area (Å²) in [6.07, 6.45) is 1.42. The topological polar surface area (TPSA) is 79.5 Å². The number of nitrogens with one attached hydrogen (secondary N) is 2. The number of carbonyl (C=O) groups is 1. The number of halogens is 2. The molecule has 31 heavy (non-hydrogen) atoms. The van der Waals surface area contributed by atoms with Crippen LogP contribution >= 0.6 is 11.6 Å². The molecule has 2 aliphatic rings. The number of aromatic nitrogens is 2. The number of hydrogen-bond acceptors (Lipinski definition) is 5. The zero-order chi connectivity index (χ0) is 21.5. The maximum Gasteiger partial charge on any atom is 0.254 e. The summed E-state index contributed by atoms with van der Waals surface area (Å²) in [5.74, 6) is 0.00228. The molecule has 0 saturated carbocycles. The standard InChI is InChI=1S/C22H22ClFN4O3/c1-28-7-6-13(11-17(28)21-26-15-4-2-12(23)10-16(15)27-21)25-22(29)14-3-5-18-20(19(14)24)31-9-8-30-18/h2-5,10,13,17H,6-9,11H2,1H3,(H,25,29)(H,26,27)/t13-,17-/m1/s1. The Labute approximate surface area is 183 Å². The Hall–Kier alpha value is -2.84. The molecule has 9 heteroatoms. The summed E-state index contributed by atoms with van der Waals surface area (Å²) >= 11 is 6.09. The van der Waals surface area contributed by atoms with Gasteiger partial charge in [-0.15, -0.1) is 0 Å². The van der Waals surface area contributed by atoms with Gasteiger partial charge in [0.15, 0.2) is 17.3 Å². The molecule has 0 unspecified atom stereocenters. The lowest BCUT2D eigenvalue weighted by Gasteiger charge is -2.36. The van der Waals surface area contributed by atoms with Gasteiger partial charge in [-0.3, -0.25) is 9.69 Å². The van der Waals surface area contributed by atoms with Crippen molar-refractivity contribution in [2.45, 2.75) is 24.9 Å². The average molecular weight is 445 g/mol. The highest BCUT2D eigenvalue weighted by atomic mass is 35.5. The normalized spacial score (nSPS) is 21.3. The number of hydrogen-bond donors (Lipinski definition) is 2. The van der Waals surface area contributed by atoms with Crippen LogP contribution in [0, 0.1) is 5.82 Å². The summed E-state index contributed by atoms with van der Waals surface area (Å²) in [5, 5.41) is 3.63. The Balaban J connectivity index is 1.33. The lowest BCUT2D eigenvalue weighted by Crippen LogP contribution is -2.45. The van der Waals surface area contributed by atoms with Crippen LogP contribution in [0.4, 0.5) is 4.39 Å². The molecule has 162 valence electrons. The van der Waals surface area contributed by atoms with Gasteiger partial charge in [0.2, 0.25) is 0 Å². The van der Waals surface area contributed by atoms with E-state index < -0.39 is 11.7 Å². The quantitative estimate of drug-likeness (QED) is 0.644. The van der Waals surface area contributed by atoms with Crippen LogP contribution in [0.25, 0.3) is 11.0 Å². The fourth-order valence-electron chi connectivity index (χ4n) is 4.21. The van der Waals surface area contributed by atoms with Crippen molar-refractivity contribution in [2.24, 2.45) is 0 Å². The Morgan fingerprint density at radius 3 is 3.00 bits per heavy atom. The van der Waals surface area contributed by atoms with Gasteiger partial charge in [-0.05, 0) is 50.2 Å². The lowest BCUT2D eigenvalue weighted by atomic mass is 9.96. The second kappa shape index (κ2) is 8.01. The minimum atomic E-state index is -0.687. The number of ether oxygens (including phenoxy) is 2. The van der Waals surface area contributed by atoms with Gasteiger partial charge in [0, 0.05) is 17.6 Å². The summed E-state index contributed by atoms with van der Waals surface area (Å²) < 4.78 is 25.5. The van der Waals surface area contributed by atoms with E-state index >= 15 is 0 Å². The first-order valence-corrected chi connectivity index (χ1v) is 10.6. The molecule has 1 fully saturated rings. The molecule has 0 radical (unpaired) electrons. The maximum atomic E-state index is 14.8. The summed E-state index contributed by atoms with van der Waals surface area (Å²) in [5.41, 5.74) is 1.68. The van der Waals surface area contributed by atoms with Crippen molar-refractivity contribution in [3.05, 3.63) is 52.6 Å². The summed E-state index contributed by atoms with van der Waals surface area (Å²) in [4.78, 5) is 23.1. The van der Waals surface area contributed by atoms with E-state index in [2.05, 4.69) is 15.2 Å². The Kier molecular flexibility index (Phi) is 5.19. The first-order chi connectivity index (χ1) is 15.0. The number of amides is 1. The molecule has 2 aliphatic heterocycles. The van der Waals surface area contributed by atoms with Crippen LogP contribution in [-0.2, 0) is 0 Å². The fourth-order valence-corrected chi connectivity index (χ4v) is 4.39. The highest BCUT2D eigenvalue weighted by molar-refractivity contribution is 6.31. The zero-order valence-electron chi connectivity index (χ0n) is 17.0. The number of carbonyl (C=O) groups excluding carboxylic acids is 1. The van der Waals surface area contributed by atoms with Crippen molar-refractivity contribution in [1.29, 1.82) is 0 Å². The van der Waals surface area contributed by atoms with E-state index in [4.69, 9.17) is 26.1 Å². The number of H-pyrrole nitrogens is 1. The molecule has 7 nitrogen and oxygen atoms in total. The van der Waals surface area contributed by atoms with Crippen LogP contribution in [0.3, 0.4) is 0 Å². The van der Waals surface area contributed by atoms with E-state index in [1.807, 2.05) is 25.2 Å². The third kappa shape index (κ3) is 3.81. The van der Waals surface area contributed by atoms with Crippen molar-refractivity contribution in [2.75, 3.05) is 26.8 Å². The molecule has 3 heterocycles. The van der Waals surface area contributed by atoms with Crippen molar-refractivity contribution in [3.8, 4) is 11.5 Å². The van der Waals surface area contributed by atoms with Crippen LogP contribution in [0.2, 0.25) is 5.02 Å². The fraction of sp³-hybridized carbons (Fsp3) is 0.364. The van der Waals surface area contributed by atoms with Crippen LogP contribution in [0.1, 0.15) is 35.1 Å². The number of benzene rings is 2. The molecule has 1 aromatic heterocycles. The number of nitrogens with zero attached hydrogens (tertiary/aromatic N) is 2. The maximum absolute atomic E-state index is 14.8. The largest absolute Gasteiger partial charge is 0.486 e. The molecule has 3 aromatic rings. The van der Waals surface area contributed by atoms with E-state index in [9.17, 15) is 9.18 Å². The summed E-state index contributed by atoms with van der Waals surface area (Å²) in [6.45, 7) is 1.40. The Bertz CT molecular complexity index is 1150. The molecule has 0 spiro atoms. The number of piperidine rings is 1. The van der Waals surface area contributed by atoms with Crippen LogP contribution in [0.5, 0.6) is 11.5 Å². The van der Waals surface area contributed by atoms with Gasteiger partial charge in [-0.2, -0.15) is 0 Å². The van der Waals surface area contributed by atoms with E-state index in [-0.39, 0.29) is 30.0 Å². The lowest BCUT2D eigenvalue weighted by molar-refractivity contribution is 0.0877. The molecule has 0 bridgehead atoms. The third-order valence-electron chi connectivity index (χ3n) is 5.88. The predicted octanol–water partition coefficient (Wildman–Crippen LogP) is 3.69. The SMILES string of the molecule is CN1CC[C@@H](NC(=O)c2ccc3c(c2F)OCCO3)C[C@@H]1c1nc2ccc(Cl)cc2[nH]1. The van der Waals surface area contributed by atoms with Crippen molar-refractivity contribution < 1.29 is 18.7 Å². The van der Waals surface area contributed by atoms with E-state index in [0.717, 1.165) is 29.8 Å². The monoisotopic (exact) mass is 444 g/mol. The van der Waals surface area contributed by atoms with Gasteiger partial charge in [0.25, 0.3) is 5.91 Å². The van der Waals surface area contributed by atoms with E-state index in [1.54, 1.807) is 6.07 Å². The first-order valence-electron chi connectivity index (χ1n) is 10.2. The van der Waals surface area contributed by atoms with Crippen LogP contribution in [-0.4, -0.2) is 53.6 Å².